The van der Waals surface area contributed by atoms with Crippen LogP contribution in [0.15, 0.2) is 60.9 Å². The molecule has 2 aromatic carbocycles. The summed E-state index contributed by atoms with van der Waals surface area (Å²) in [4.78, 5) is 17.8. The van der Waals surface area contributed by atoms with Crippen molar-refractivity contribution in [2.24, 2.45) is 0 Å². The number of nitrogens with zero attached hydrogens (tertiary/aromatic N) is 3. The molecule has 30 heavy (non-hydrogen) atoms. The van der Waals surface area contributed by atoms with Gasteiger partial charge in [0.25, 0.3) is 0 Å². The molecule has 1 unspecified atom stereocenters. The lowest BCUT2D eigenvalue weighted by atomic mass is 9.81. The van der Waals surface area contributed by atoms with E-state index in [1.165, 1.54) is 16.7 Å². The number of aryl methyl sites for hydroxylation is 1. The number of aromatic nitrogens is 3. The van der Waals surface area contributed by atoms with E-state index in [1.54, 1.807) is 4.52 Å². The van der Waals surface area contributed by atoms with Gasteiger partial charge >= 0.3 is 0 Å². The zero-order valence-electron chi connectivity index (χ0n) is 17.6. The first-order valence-electron chi connectivity index (χ1n) is 10.6. The first-order valence-corrected chi connectivity index (χ1v) is 10.6. The van der Waals surface area contributed by atoms with Crippen LogP contribution in [0.1, 0.15) is 64.8 Å². The highest BCUT2D eigenvalue weighted by atomic mass is 16.1. The van der Waals surface area contributed by atoms with E-state index in [2.05, 4.69) is 74.4 Å². The Hall–Kier alpha value is -3.27. The Morgan fingerprint density at radius 2 is 1.70 bits per heavy atom. The summed E-state index contributed by atoms with van der Waals surface area (Å²) in [6, 6.07) is 17.1. The van der Waals surface area contributed by atoms with Gasteiger partial charge in [-0.15, -0.1) is 0 Å². The molecule has 2 aromatic heterocycles. The van der Waals surface area contributed by atoms with Gasteiger partial charge in [0.15, 0.2) is 11.4 Å². The molecule has 0 aliphatic heterocycles. The predicted octanol–water partition coefficient (Wildman–Crippen LogP) is 5.74. The van der Waals surface area contributed by atoms with Gasteiger partial charge in [0.1, 0.15) is 0 Å². The van der Waals surface area contributed by atoms with Crippen molar-refractivity contribution in [3.63, 3.8) is 0 Å². The Labute approximate surface area is 176 Å². The molecule has 1 aliphatic carbocycles. The summed E-state index contributed by atoms with van der Waals surface area (Å²) in [5.74, 6) is 0.827. The monoisotopic (exact) mass is 395 g/mol. The summed E-state index contributed by atoms with van der Waals surface area (Å²) in [7, 11) is 0. The molecule has 4 aromatic rings. The maximum Gasteiger partial charge on any atom is 0.166 e. The van der Waals surface area contributed by atoms with E-state index in [0.717, 1.165) is 28.9 Å². The minimum Gasteiger partial charge on any atom is -0.294 e. The van der Waals surface area contributed by atoms with Crippen molar-refractivity contribution in [3.8, 4) is 11.1 Å². The van der Waals surface area contributed by atoms with Crippen LogP contribution in [-0.2, 0) is 6.42 Å². The van der Waals surface area contributed by atoms with Crippen LogP contribution in [0.2, 0.25) is 0 Å². The number of carbonyl (C=O) groups excluding carboxylic acids is 1. The quantitative estimate of drug-likeness (QED) is 0.444. The second-order valence-electron chi connectivity index (χ2n) is 8.64. The van der Waals surface area contributed by atoms with Crippen LogP contribution in [0.4, 0.5) is 0 Å². The first kappa shape index (κ1) is 18.7. The maximum atomic E-state index is 12.9. The second kappa shape index (κ2) is 7.21. The number of Topliss-reactive ketones (excluding diaryl/α,β-unsaturated/α-hetero) is 1. The molecule has 2 heterocycles. The van der Waals surface area contributed by atoms with Crippen molar-refractivity contribution in [1.29, 1.82) is 0 Å². The number of ketones is 1. The van der Waals surface area contributed by atoms with Gasteiger partial charge in [0, 0.05) is 18.2 Å². The van der Waals surface area contributed by atoms with Crippen LogP contribution in [0.5, 0.6) is 0 Å². The minimum absolute atomic E-state index is 0.149. The van der Waals surface area contributed by atoms with Gasteiger partial charge in [-0.2, -0.15) is 5.10 Å². The number of hydrogen-bond donors (Lipinski definition) is 0. The van der Waals surface area contributed by atoms with Crippen molar-refractivity contribution in [1.82, 2.24) is 14.6 Å². The summed E-state index contributed by atoms with van der Waals surface area (Å²) in [6.07, 6.45) is 4.99. The molecule has 5 rings (SSSR count). The van der Waals surface area contributed by atoms with Crippen LogP contribution in [-0.4, -0.2) is 20.4 Å². The molecule has 0 fully saturated rings. The number of hydrogen-bond acceptors (Lipinski definition) is 3. The SMILES string of the molecule is Cc1ccc(-c2cnn3cc4c(nc23)CC(c2ccc(C(C)C)cc2)CC4=O)cc1. The van der Waals surface area contributed by atoms with Crippen molar-refractivity contribution in [2.75, 3.05) is 0 Å². The summed E-state index contributed by atoms with van der Waals surface area (Å²) < 4.78 is 1.74. The molecule has 150 valence electrons. The highest BCUT2D eigenvalue weighted by molar-refractivity contribution is 5.99. The van der Waals surface area contributed by atoms with Crippen LogP contribution in [0, 0.1) is 6.92 Å². The van der Waals surface area contributed by atoms with E-state index in [0.29, 0.717) is 17.9 Å². The Morgan fingerprint density at radius 3 is 2.40 bits per heavy atom. The van der Waals surface area contributed by atoms with Gasteiger partial charge in [0.2, 0.25) is 0 Å². The molecular weight excluding hydrogens is 370 g/mol. The van der Waals surface area contributed by atoms with E-state index in [9.17, 15) is 4.79 Å². The zero-order valence-corrected chi connectivity index (χ0v) is 17.6. The topological polar surface area (TPSA) is 47.3 Å². The fourth-order valence-electron chi connectivity index (χ4n) is 4.30. The normalized spacial score (nSPS) is 16.3. The van der Waals surface area contributed by atoms with Crippen LogP contribution >= 0.6 is 0 Å². The third-order valence-corrected chi connectivity index (χ3v) is 6.18. The smallest absolute Gasteiger partial charge is 0.166 e. The Balaban J connectivity index is 1.53. The van der Waals surface area contributed by atoms with Crippen LogP contribution in [0.3, 0.4) is 0 Å². The molecule has 0 amide bonds. The third kappa shape index (κ3) is 3.22. The summed E-state index contributed by atoms with van der Waals surface area (Å²) >= 11 is 0. The van der Waals surface area contributed by atoms with Gasteiger partial charge < -0.3 is 0 Å². The first-order chi connectivity index (χ1) is 14.5. The van der Waals surface area contributed by atoms with Crippen molar-refractivity contribution in [2.45, 2.75) is 45.4 Å². The molecular formula is C26H25N3O. The van der Waals surface area contributed by atoms with Gasteiger partial charge in [-0.05, 0) is 41.9 Å². The average Bonchev–Trinajstić information content (AvgIpc) is 3.16. The van der Waals surface area contributed by atoms with E-state index >= 15 is 0 Å². The standard InChI is InChI=1S/C26H25N3O/c1-16(2)18-8-10-19(11-9-18)21-12-24-23(25(30)13-21)15-29-26(28-24)22(14-27-29)20-6-4-17(3)5-7-20/h4-11,14-16,21H,12-13H2,1-3H3. The maximum absolute atomic E-state index is 12.9. The molecule has 1 aliphatic rings. The van der Waals surface area contributed by atoms with E-state index < -0.39 is 0 Å². The molecule has 4 nitrogen and oxygen atoms in total. The molecule has 0 saturated carbocycles. The van der Waals surface area contributed by atoms with Crippen LogP contribution < -0.4 is 0 Å². The van der Waals surface area contributed by atoms with Gasteiger partial charge in [-0.1, -0.05) is 67.9 Å². The number of rotatable bonds is 3. The van der Waals surface area contributed by atoms with E-state index in [4.69, 9.17) is 4.98 Å². The second-order valence-corrected chi connectivity index (χ2v) is 8.64. The molecule has 0 spiro atoms. The Morgan fingerprint density at radius 1 is 0.967 bits per heavy atom. The predicted molar refractivity (Wildman–Crippen MR) is 119 cm³/mol. The lowest BCUT2D eigenvalue weighted by Gasteiger charge is -2.23. The number of fused-ring (bicyclic) bond motifs is 2. The third-order valence-electron chi connectivity index (χ3n) is 6.18. The fraction of sp³-hybridized carbons (Fsp3) is 0.269. The Bertz CT molecular complexity index is 1230. The van der Waals surface area contributed by atoms with E-state index in [1.807, 2.05) is 12.4 Å². The largest absolute Gasteiger partial charge is 0.294 e. The summed E-state index contributed by atoms with van der Waals surface area (Å²) in [6.45, 7) is 6.47. The molecule has 1 atom stereocenters. The summed E-state index contributed by atoms with van der Waals surface area (Å²) in [5, 5.41) is 4.47. The highest BCUT2D eigenvalue weighted by Crippen LogP contribution is 2.34. The van der Waals surface area contributed by atoms with E-state index in [-0.39, 0.29) is 11.7 Å². The minimum atomic E-state index is 0.149. The zero-order chi connectivity index (χ0) is 20.8. The van der Waals surface area contributed by atoms with Gasteiger partial charge in [-0.3, -0.25) is 4.79 Å². The van der Waals surface area contributed by atoms with Crippen molar-refractivity contribution < 1.29 is 4.79 Å². The Kier molecular flexibility index (Phi) is 4.50. The molecule has 4 heteroatoms. The fourth-order valence-corrected chi connectivity index (χ4v) is 4.30. The van der Waals surface area contributed by atoms with Crippen molar-refractivity contribution in [3.05, 3.63) is 88.9 Å². The molecule has 0 bridgehead atoms. The molecule has 0 saturated heterocycles. The lowest BCUT2D eigenvalue weighted by Crippen LogP contribution is -2.21. The van der Waals surface area contributed by atoms with Crippen LogP contribution in [0.25, 0.3) is 16.8 Å². The number of benzene rings is 2. The highest BCUT2D eigenvalue weighted by Gasteiger charge is 2.28. The molecule has 0 radical (unpaired) electrons. The van der Waals surface area contributed by atoms with Crippen molar-refractivity contribution >= 4 is 11.4 Å². The average molecular weight is 396 g/mol. The van der Waals surface area contributed by atoms with Gasteiger partial charge in [0.05, 0.1) is 17.5 Å². The van der Waals surface area contributed by atoms with Gasteiger partial charge in [-0.25, -0.2) is 9.50 Å². The lowest BCUT2D eigenvalue weighted by molar-refractivity contribution is 0.0962. The molecule has 0 N–H and O–H groups in total. The number of carbonyl (C=O) groups is 1. The summed E-state index contributed by atoms with van der Waals surface area (Å²) in [5.41, 5.74) is 8.23.